The van der Waals surface area contributed by atoms with Gasteiger partial charge in [0.25, 0.3) is 0 Å². The van der Waals surface area contributed by atoms with Gasteiger partial charge in [0.05, 0.1) is 34.5 Å². The second-order valence-electron chi connectivity index (χ2n) is 8.13. The fourth-order valence-corrected chi connectivity index (χ4v) is 4.11. The minimum atomic E-state index is 0.500. The van der Waals surface area contributed by atoms with Crippen LogP contribution in [0.15, 0.2) is 55.1 Å². The summed E-state index contributed by atoms with van der Waals surface area (Å²) in [4.78, 5) is 22.9. The average molecular weight is 449 g/mol. The highest BCUT2D eigenvalue weighted by atomic mass is 35.5. The Bertz CT molecular complexity index is 1210. The molecule has 4 aromatic rings. The first-order valence-electron chi connectivity index (χ1n) is 10.7. The Hall–Kier alpha value is -3.23. The van der Waals surface area contributed by atoms with E-state index in [1.807, 2.05) is 47.1 Å². The Morgan fingerprint density at radius 2 is 1.78 bits per heavy atom. The van der Waals surface area contributed by atoms with Gasteiger partial charge in [-0.05, 0) is 44.2 Å². The Kier molecular flexibility index (Phi) is 5.63. The van der Waals surface area contributed by atoms with E-state index in [1.54, 1.807) is 12.4 Å². The van der Waals surface area contributed by atoms with Crippen LogP contribution < -0.4 is 10.2 Å². The zero-order valence-corrected chi connectivity index (χ0v) is 18.9. The third-order valence-corrected chi connectivity index (χ3v) is 5.98. The third-order valence-electron chi connectivity index (χ3n) is 5.76. The molecule has 4 aromatic heterocycles. The molecule has 0 unspecified atom stereocenters. The molecular formula is C23H25ClN8. The number of nitrogens with one attached hydrogen (secondary N) is 1. The first kappa shape index (κ1) is 20.7. The van der Waals surface area contributed by atoms with Crippen LogP contribution in [0, 0.1) is 0 Å². The molecule has 0 radical (unpaired) electrons. The highest BCUT2D eigenvalue weighted by Gasteiger charge is 2.19. The van der Waals surface area contributed by atoms with Gasteiger partial charge in [0.15, 0.2) is 0 Å². The maximum atomic E-state index is 6.16. The first-order chi connectivity index (χ1) is 15.6. The molecule has 164 valence electrons. The SMILES string of the molecule is CC(C)N1CCN(c2ccc(Nc3nccc(-c4cnc5ccc(Cl)cn45)n3)cn2)CC1. The summed E-state index contributed by atoms with van der Waals surface area (Å²) in [5.41, 5.74) is 3.26. The molecule has 1 N–H and O–H groups in total. The quantitative estimate of drug-likeness (QED) is 0.492. The largest absolute Gasteiger partial charge is 0.354 e. The molecule has 0 aliphatic carbocycles. The summed E-state index contributed by atoms with van der Waals surface area (Å²) >= 11 is 6.16. The molecule has 9 heteroatoms. The molecule has 0 atom stereocenters. The summed E-state index contributed by atoms with van der Waals surface area (Å²) in [6, 6.07) is 10.2. The van der Waals surface area contributed by atoms with Gasteiger partial charge in [-0.3, -0.25) is 9.30 Å². The molecular weight excluding hydrogens is 424 g/mol. The van der Waals surface area contributed by atoms with Crippen molar-refractivity contribution in [1.29, 1.82) is 0 Å². The Labute approximate surface area is 191 Å². The van der Waals surface area contributed by atoms with Gasteiger partial charge in [0.1, 0.15) is 11.5 Å². The number of hydrogen-bond acceptors (Lipinski definition) is 7. The standard InChI is InChI=1S/C23H25ClN8/c1-16(2)30-9-11-31(12-10-30)21-6-4-18(13-26-21)28-23-25-8-7-19(29-23)20-14-27-22-5-3-17(24)15-32(20)22/h3-8,13-16H,9-12H2,1-2H3,(H,25,28,29). The number of rotatable bonds is 5. The van der Waals surface area contributed by atoms with Gasteiger partial charge in [-0.1, -0.05) is 11.6 Å². The minimum absolute atomic E-state index is 0.500. The van der Waals surface area contributed by atoms with E-state index in [9.17, 15) is 0 Å². The Morgan fingerprint density at radius 3 is 2.53 bits per heavy atom. The molecule has 1 aliphatic heterocycles. The Morgan fingerprint density at radius 1 is 0.938 bits per heavy atom. The number of aromatic nitrogens is 5. The topological polar surface area (TPSA) is 74.5 Å². The van der Waals surface area contributed by atoms with E-state index in [0.29, 0.717) is 17.0 Å². The highest BCUT2D eigenvalue weighted by molar-refractivity contribution is 6.30. The molecule has 0 aromatic carbocycles. The second-order valence-corrected chi connectivity index (χ2v) is 8.57. The molecule has 1 fully saturated rings. The minimum Gasteiger partial charge on any atom is -0.354 e. The van der Waals surface area contributed by atoms with Gasteiger partial charge in [0, 0.05) is 44.6 Å². The summed E-state index contributed by atoms with van der Waals surface area (Å²) in [6.45, 7) is 8.61. The van der Waals surface area contributed by atoms with Gasteiger partial charge in [-0.2, -0.15) is 0 Å². The number of anilines is 3. The smallest absolute Gasteiger partial charge is 0.227 e. The predicted molar refractivity (Wildman–Crippen MR) is 128 cm³/mol. The van der Waals surface area contributed by atoms with Crippen LogP contribution in [-0.4, -0.2) is 61.5 Å². The van der Waals surface area contributed by atoms with Crippen molar-refractivity contribution in [3.63, 3.8) is 0 Å². The molecule has 8 nitrogen and oxygen atoms in total. The molecule has 1 saturated heterocycles. The van der Waals surface area contributed by atoms with Crippen LogP contribution in [-0.2, 0) is 0 Å². The van der Waals surface area contributed by atoms with Gasteiger partial charge < -0.3 is 10.2 Å². The summed E-state index contributed by atoms with van der Waals surface area (Å²) in [7, 11) is 0. The van der Waals surface area contributed by atoms with Crippen molar-refractivity contribution in [2.24, 2.45) is 0 Å². The lowest BCUT2D eigenvalue weighted by Crippen LogP contribution is -2.49. The van der Waals surface area contributed by atoms with Crippen molar-refractivity contribution in [2.45, 2.75) is 19.9 Å². The molecule has 1 aliphatic rings. The van der Waals surface area contributed by atoms with E-state index in [0.717, 1.165) is 54.7 Å². The maximum Gasteiger partial charge on any atom is 0.227 e. The van der Waals surface area contributed by atoms with E-state index in [4.69, 9.17) is 11.6 Å². The molecule has 5 heterocycles. The predicted octanol–water partition coefficient (Wildman–Crippen LogP) is 4.11. The number of pyridine rings is 2. The van der Waals surface area contributed by atoms with Gasteiger partial charge in [-0.15, -0.1) is 0 Å². The van der Waals surface area contributed by atoms with Crippen LogP contribution in [0.2, 0.25) is 5.02 Å². The fourth-order valence-electron chi connectivity index (χ4n) is 3.95. The number of piperazine rings is 1. The second kappa shape index (κ2) is 8.72. The van der Waals surface area contributed by atoms with Crippen molar-refractivity contribution < 1.29 is 0 Å². The van der Waals surface area contributed by atoms with E-state index in [-0.39, 0.29) is 0 Å². The molecule has 0 bridgehead atoms. The molecule has 32 heavy (non-hydrogen) atoms. The van der Waals surface area contributed by atoms with Gasteiger partial charge in [0.2, 0.25) is 5.95 Å². The van der Waals surface area contributed by atoms with Crippen LogP contribution >= 0.6 is 11.6 Å². The first-order valence-corrected chi connectivity index (χ1v) is 11.1. The van der Waals surface area contributed by atoms with Crippen molar-refractivity contribution in [3.05, 3.63) is 60.1 Å². The number of nitrogens with zero attached hydrogens (tertiary/aromatic N) is 7. The van der Waals surface area contributed by atoms with Gasteiger partial charge >= 0.3 is 0 Å². The van der Waals surface area contributed by atoms with Crippen LogP contribution in [0.4, 0.5) is 17.5 Å². The fraction of sp³-hybridized carbons (Fsp3) is 0.304. The van der Waals surface area contributed by atoms with E-state index in [1.165, 1.54) is 0 Å². The number of halogens is 1. The third kappa shape index (κ3) is 4.24. The van der Waals surface area contributed by atoms with Crippen molar-refractivity contribution in [3.8, 4) is 11.4 Å². The lowest BCUT2D eigenvalue weighted by Gasteiger charge is -2.37. The number of fused-ring (bicyclic) bond motifs is 1. The molecule has 0 saturated carbocycles. The van der Waals surface area contributed by atoms with Crippen molar-refractivity contribution >= 4 is 34.7 Å². The van der Waals surface area contributed by atoms with Crippen LogP contribution in [0.5, 0.6) is 0 Å². The maximum absolute atomic E-state index is 6.16. The summed E-state index contributed by atoms with van der Waals surface area (Å²) in [6.07, 6.45) is 7.17. The highest BCUT2D eigenvalue weighted by Crippen LogP contribution is 2.23. The summed E-state index contributed by atoms with van der Waals surface area (Å²) in [5.74, 6) is 1.50. The average Bonchev–Trinajstić information content (AvgIpc) is 3.23. The molecule has 0 spiro atoms. The van der Waals surface area contributed by atoms with E-state index in [2.05, 4.69) is 48.9 Å². The van der Waals surface area contributed by atoms with Crippen LogP contribution in [0.25, 0.3) is 17.0 Å². The summed E-state index contributed by atoms with van der Waals surface area (Å²) in [5, 5.41) is 3.89. The van der Waals surface area contributed by atoms with E-state index < -0.39 is 0 Å². The zero-order chi connectivity index (χ0) is 22.1. The van der Waals surface area contributed by atoms with Crippen LogP contribution in [0.1, 0.15) is 13.8 Å². The molecule has 5 rings (SSSR count). The lowest BCUT2D eigenvalue weighted by atomic mass is 10.2. The van der Waals surface area contributed by atoms with Crippen LogP contribution in [0.3, 0.4) is 0 Å². The summed E-state index contributed by atoms with van der Waals surface area (Å²) < 4.78 is 1.92. The lowest BCUT2D eigenvalue weighted by molar-refractivity contribution is 0.209. The monoisotopic (exact) mass is 448 g/mol. The number of hydrogen-bond donors (Lipinski definition) is 1. The van der Waals surface area contributed by atoms with Crippen molar-refractivity contribution in [2.75, 3.05) is 36.4 Å². The van der Waals surface area contributed by atoms with Gasteiger partial charge in [-0.25, -0.2) is 19.9 Å². The van der Waals surface area contributed by atoms with E-state index >= 15 is 0 Å². The zero-order valence-electron chi connectivity index (χ0n) is 18.1. The van der Waals surface area contributed by atoms with Crippen molar-refractivity contribution in [1.82, 2.24) is 29.2 Å². The molecule has 0 amide bonds. The normalized spacial score (nSPS) is 14.9. The number of imidazole rings is 1. The Balaban J connectivity index is 1.30.